The molecule has 0 saturated heterocycles. The van der Waals surface area contributed by atoms with Crippen molar-refractivity contribution in [1.82, 2.24) is 0 Å². The fourth-order valence-electron chi connectivity index (χ4n) is 2.16. The monoisotopic (exact) mass is 298 g/mol. The summed E-state index contributed by atoms with van der Waals surface area (Å²) in [6, 6.07) is 13.2. The van der Waals surface area contributed by atoms with Gasteiger partial charge in [0, 0.05) is 45.1 Å². The van der Waals surface area contributed by atoms with Gasteiger partial charge in [-0.1, -0.05) is 0 Å². The molecule has 0 fully saturated rings. The van der Waals surface area contributed by atoms with Crippen LogP contribution in [0, 0.1) is 0 Å². The van der Waals surface area contributed by atoms with Gasteiger partial charge in [-0.2, -0.15) is 0 Å². The minimum Gasteiger partial charge on any atom is -0.386 e. The van der Waals surface area contributed by atoms with Gasteiger partial charge in [-0.25, -0.2) is 0 Å². The third-order valence-corrected chi connectivity index (χ3v) is 3.46. The molecule has 0 bridgehead atoms. The zero-order valence-corrected chi connectivity index (χ0v) is 13.4. The average Bonchev–Trinajstić information content (AvgIpc) is 2.54. The lowest BCUT2D eigenvalue weighted by Gasteiger charge is -2.13. The van der Waals surface area contributed by atoms with Crippen molar-refractivity contribution in [2.24, 2.45) is 0 Å². The summed E-state index contributed by atoms with van der Waals surface area (Å²) in [5, 5.41) is 9.11. The van der Waals surface area contributed by atoms with E-state index < -0.39 is 0 Å². The molecule has 0 atom stereocenters. The number of hydrogen-bond donors (Lipinski definition) is 3. The molecule has 2 aromatic carbocycles. The number of benzene rings is 2. The van der Waals surface area contributed by atoms with Crippen LogP contribution in [0.15, 0.2) is 42.5 Å². The molecule has 22 heavy (non-hydrogen) atoms. The van der Waals surface area contributed by atoms with Crippen LogP contribution >= 0.6 is 0 Å². The highest BCUT2D eigenvalue weighted by atomic mass is 16.1. The van der Waals surface area contributed by atoms with Crippen molar-refractivity contribution in [3.05, 3.63) is 48.0 Å². The lowest BCUT2D eigenvalue weighted by atomic mass is 10.1. The first-order valence-corrected chi connectivity index (χ1v) is 7.13. The molecule has 0 aromatic heterocycles. The summed E-state index contributed by atoms with van der Waals surface area (Å²) in [5.74, 6) is -0.121. The molecule has 0 unspecified atom stereocenters. The van der Waals surface area contributed by atoms with Crippen molar-refractivity contribution in [2.45, 2.75) is 0 Å². The summed E-state index contributed by atoms with van der Waals surface area (Å²) >= 11 is 0. The van der Waals surface area contributed by atoms with Gasteiger partial charge in [0.25, 0.3) is 5.91 Å². The number of anilines is 4. The van der Waals surface area contributed by atoms with E-state index in [0.717, 1.165) is 22.7 Å². The second kappa shape index (κ2) is 6.85. The molecular weight excluding hydrogens is 276 g/mol. The van der Waals surface area contributed by atoms with E-state index in [-0.39, 0.29) is 5.91 Å². The van der Waals surface area contributed by atoms with Gasteiger partial charge in [-0.05, 0) is 42.5 Å². The van der Waals surface area contributed by atoms with Crippen molar-refractivity contribution in [3.8, 4) is 0 Å². The minimum atomic E-state index is -0.121. The average molecular weight is 298 g/mol. The Bertz CT molecular complexity index is 650. The number of nitrogens with zero attached hydrogens (tertiary/aromatic N) is 1. The third kappa shape index (κ3) is 3.49. The molecule has 116 valence electrons. The molecule has 5 nitrogen and oxygen atoms in total. The van der Waals surface area contributed by atoms with Crippen molar-refractivity contribution >= 4 is 28.7 Å². The second-order valence-electron chi connectivity index (χ2n) is 5.16. The Labute approximate surface area is 131 Å². The van der Waals surface area contributed by atoms with Gasteiger partial charge in [-0.3, -0.25) is 4.79 Å². The molecule has 0 aliphatic rings. The van der Waals surface area contributed by atoms with E-state index in [0.29, 0.717) is 5.56 Å². The number of hydrogen-bond acceptors (Lipinski definition) is 4. The maximum absolute atomic E-state index is 12.3. The summed E-state index contributed by atoms with van der Waals surface area (Å²) in [6.45, 7) is 0. The van der Waals surface area contributed by atoms with E-state index in [1.165, 1.54) is 0 Å². The van der Waals surface area contributed by atoms with E-state index in [4.69, 9.17) is 0 Å². The van der Waals surface area contributed by atoms with Crippen LogP contribution in [0.25, 0.3) is 0 Å². The predicted molar refractivity (Wildman–Crippen MR) is 94.3 cm³/mol. The van der Waals surface area contributed by atoms with Gasteiger partial charge >= 0.3 is 0 Å². The molecule has 1 amide bonds. The predicted octanol–water partition coefficient (Wildman–Crippen LogP) is 3.09. The highest BCUT2D eigenvalue weighted by Crippen LogP contribution is 2.25. The van der Waals surface area contributed by atoms with Gasteiger partial charge in [-0.15, -0.1) is 0 Å². The molecule has 0 spiro atoms. The van der Waals surface area contributed by atoms with Crippen molar-refractivity contribution < 1.29 is 4.79 Å². The first-order chi connectivity index (χ1) is 10.5. The SMILES string of the molecule is CNc1ccc(NC(=O)c2ccc(N(C)C)cc2)cc1NC. The van der Waals surface area contributed by atoms with E-state index in [2.05, 4.69) is 16.0 Å². The molecule has 2 rings (SSSR count). The van der Waals surface area contributed by atoms with E-state index in [9.17, 15) is 4.79 Å². The Hall–Kier alpha value is -2.69. The number of rotatable bonds is 5. The Morgan fingerprint density at radius 3 is 2.09 bits per heavy atom. The maximum Gasteiger partial charge on any atom is 0.255 e. The normalized spacial score (nSPS) is 10.0. The Balaban J connectivity index is 2.14. The molecule has 0 heterocycles. The molecule has 5 heteroatoms. The Morgan fingerprint density at radius 2 is 1.55 bits per heavy atom. The molecule has 0 radical (unpaired) electrons. The highest BCUT2D eigenvalue weighted by molar-refractivity contribution is 6.04. The lowest BCUT2D eigenvalue weighted by Crippen LogP contribution is -2.13. The topological polar surface area (TPSA) is 56.4 Å². The molecule has 0 saturated carbocycles. The van der Waals surface area contributed by atoms with Gasteiger partial charge in [0.2, 0.25) is 0 Å². The van der Waals surface area contributed by atoms with Gasteiger partial charge in [0.05, 0.1) is 11.4 Å². The second-order valence-corrected chi connectivity index (χ2v) is 5.16. The maximum atomic E-state index is 12.3. The Morgan fingerprint density at radius 1 is 0.909 bits per heavy atom. The van der Waals surface area contributed by atoms with Crippen LogP contribution < -0.4 is 20.9 Å². The zero-order valence-electron chi connectivity index (χ0n) is 13.4. The van der Waals surface area contributed by atoms with Crippen LogP contribution in [0.2, 0.25) is 0 Å². The minimum absolute atomic E-state index is 0.121. The lowest BCUT2D eigenvalue weighted by molar-refractivity contribution is 0.102. The van der Waals surface area contributed by atoms with E-state index in [1.807, 2.05) is 75.6 Å². The van der Waals surface area contributed by atoms with E-state index in [1.54, 1.807) is 0 Å². The first kappa shape index (κ1) is 15.7. The largest absolute Gasteiger partial charge is 0.386 e. The quantitative estimate of drug-likeness (QED) is 0.794. The number of carbonyl (C=O) groups excluding carboxylic acids is 1. The smallest absolute Gasteiger partial charge is 0.255 e. The number of amides is 1. The van der Waals surface area contributed by atoms with Crippen LogP contribution in [0.5, 0.6) is 0 Å². The molecule has 0 aliphatic heterocycles. The van der Waals surface area contributed by atoms with Gasteiger partial charge in [0.1, 0.15) is 0 Å². The van der Waals surface area contributed by atoms with Crippen LogP contribution in [-0.4, -0.2) is 34.1 Å². The van der Waals surface area contributed by atoms with Crippen LogP contribution in [0.3, 0.4) is 0 Å². The summed E-state index contributed by atoms with van der Waals surface area (Å²) < 4.78 is 0. The number of nitrogens with one attached hydrogen (secondary N) is 3. The summed E-state index contributed by atoms with van der Waals surface area (Å²) in [5.41, 5.74) is 4.37. The van der Waals surface area contributed by atoms with Crippen LogP contribution in [-0.2, 0) is 0 Å². The Kier molecular flexibility index (Phi) is 4.88. The summed E-state index contributed by atoms with van der Waals surface area (Å²) in [6.07, 6.45) is 0. The number of carbonyl (C=O) groups is 1. The summed E-state index contributed by atoms with van der Waals surface area (Å²) in [7, 11) is 7.65. The fraction of sp³-hybridized carbons (Fsp3) is 0.235. The third-order valence-electron chi connectivity index (χ3n) is 3.46. The van der Waals surface area contributed by atoms with Crippen molar-refractivity contribution in [3.63, 3.8) is 0 Å². The zero-order chi connectivity index (χ0) is 16.1. The van der Waals surface area contributed by atoms with Crippen molar-refractivity contribution in [2.75, 3.05) is 49.0 Å². The van der Waals surface area contributed by atoms with Gasteiger partial charge < -0.3 is 20.9 Å². The fourth-order valence-corrected chi connectivity index (χ4v) is 2.16. The van der Waals surface area contributed by atoms with Crippen LogP contribution in [0.1, 0.15) is 10.4 Å². The van der Waals surface area contributed by atoms with Crippen LogP contribution in [0.4, 0.5) is 22.7 Å². The summed E-state index contributed by atoms with van der Waals surface area (Å²) in [4.78, 5) is 14.3. The molecule has 2 aromatic rings. The molecule has 0 aliphatic carbocycles. The highest BCUT2D eigenvalue weighted by Gasteiger charge is 2.08. The first-order valence-electron chi connectivity index (χ1n) is 7.13. The van der Waals surface area contributed by atoms with Gasteiger partial charge in [0.15, 0.2) is 0 Å². The standard InChI is InChI=1S/C17H22N4O/c1-18-15-10-7-13(11-16(15)19-2)20-17(22)12-5-8-14(9-6-12)21(3)4/h5-11,18-19H,1-4H3,(H,20,22). The molecule has 3 N–H and O–H groups in total. The molecular formula is C17H22N4O. The van der Waals surface area contributed by atoms with E-state index >= 15 is 0 Å². The van der Waals surface area contributed by atoms with Crippen molar-refractivity contribution in [1.29, 1.82) is 0 Å².